The number of rotatable bonds is 5. The van der Waals surface area contributed by atoms with Gasteiger partial charge in [0.2, 0.25) is 0 Å². The average molecular weight is 292 g/mol. The first-order valence-electron chi connectivity index (χ1n) is 7.82. The average Bonchev–Trinajstić information content (AvgIpc) is 3.29. The summed E-state index contributed by atoms with van der Waals surface area (Å²) in [5.74, 6) is 1.73. The number of anilines is 1. The lowest BCUT2D eigenvalue weighted by Crippen LogP contribution is -2.51. The minimum absolute atomic E-state index is 0.0795. The van der Waals surface area contributed by atoms with Gasteiger partial charge in [0.05, 0.1) is 19.3 Å². The van der Waals surface area contributed by atoms with Crippen LogP contribution >= 0.6 is 0 Å². The van der Waals surface area contributed by atoms with Crippen LogP contribution in [0.3, 0.4) is 0 Å². The lowest BCUT2D eigenvalue weighted by atomic mass is 10.2. The minimum Gasteiger partial charge on any atom is -0.377 e. The predicted molar refractivity (Wildman–Crippen MR) is 81.9 cm³/mol. The van der Waals surface area contributed by atoms with E-state index in [1.165, 1.54) is 12.8 Å². The lowest BCUT2D eigenvalue weighted by molar-refractivity contribution is 0.0932. The molecule has 1 atom stereocenters. The summed E-state index contributed by atoms with van der Waals surface area (Å²) in [6.45, 7) is 7.11. The summed E-state index contributed by atoms with van der Waals surface area (Å²) in [5.41, 5.74) is -0.0795. The molecule has 21 heavy (non-hydrogen) atoms. The van der Waals surface area contributed by atoms with Gasteiger partial charge in [0, 0.05) is 31.1 Å². The van der Waals surface area contributed by atoms with Crippen LogP contribution in [0.5, 0.6) is 0 Å². The lowest BCUT2D eigenvalue weighted by Gasteiger charge is -2.36. The van der Waals surface area contributed by atoms with Gasteiger partial charge in [-0.05, 0) is 12.8 Å². The standard InChI is InChI=1S/C15H24N4O2/c1-10(2)15-17-13(7-14(20)18-15)19-5-6-21-9-12(19)8-16-11-3-4-11/h7,10-12,16H,3-6,8-9H2,1-2H3,(H,17,18,20). The van der Waals surface area contributed by atoms with Gasteiger partial charge in [-0.1, -0.05) is 13.8 Å². The fraction of sp³-hybridized carbons (Fsp3) is 0.733. The van der Waals surface area contributed by atoms with Crippen LogP contribution in [-0.4, -0.2) is 48.4 Å². The van der Waals surface area contributed by atoms with Crippen LogP contribution in [0.4, 0.5) is 5.82 Å². The van der Waals surface area contributed by atoms with Crippen LogP contribution in [-0.2, 0) is 4.74 Å². The third kappa shape index (κ3) is 3.63. The van der Waals surface area contributed by atoms with Gasteiger partial charge in [0.1, 0.15) is 11.6 Å². The van der Waals surface area contributed by atoms with Crippen LogP contribution in [0.2, 0.25) is 0 Å². The number of ether oxygens (including phenoxy) is 1. The first kappa shape index (κ1) is 14.5. The normalized spacial score (nSPS) is 22.8. The van der Waals surface area contributed by atoms with Crippen molar-refractivity contribution in [3.8, 4) is 0 Å². The summed E-state index contributed by atoms with van der Waals surface area (Å²) in [5, 5.41) is 3.54. The summed E-state index contributed by atoms with van der Waals surface area (Å²) >= 11 is 0. The zero-order chi connectivity index (χ0) is 14.8. The van der Waals surface area contributed by atoms with Gasteiger partial charge in [-0.25, -0.2) is 4.98 Å². The van der Waals surface area contributed by atoms with E-state index in [1.807, 2.05) is 13.8 Å². The summed E-state index contributed by atoms with van der Waals surface area (Å²) < 4.78 is 5.60. The zero-order valence-electron chi connectivity index (χ0n) is 12.8. The second-order valence-corrected chi connectivity index (χ2v) is 6.25. The molecule has 0 aromatic carbocycles. The molecule has 2 heterocycles. The molecule has 1 aliphatic heterocycles. The van der Waals surface area contributed by atoms with Crippen molar-refractivity contribution in [3.05, 3.63) is 22.2 Å². The van der Waals surface area contributed by atoms with Crippen molar-refractivity contribution in [1.82, 2.24) is 15.3 Å². The van der Waals surface area contributed by atoms with Crippen LogP contribution < -0.4 is 15.8 Å². The summed E-state index contributed by atoms with van der Waals surface area (Å²) in [7, 11) is 0. The fourth-order valence-corrected chi connectivity index (χ4v) is 2.60. The zero-order valence-corrected chi connectivity index (χ0v) is 12.8. The molecule has 3 rings (SSSR count). The molecule has 6 nitrogen and oxygen atoms in total. The summed E-state index contributed by atoms with van der Waals surface area (Å²) in [6, 6.07) is 2.52. The molecule has 1 saturated carbocycles. The monoisotopic (exact) mass is 292 g/mol. The highest BCUT2D eigenvalue weighted by Crippen LogP contribution is 2.21. The van der Waals surface area contributed by atoms with Gasteiger partial charge in [-0.3, -0.25) is 4.79 Å². The van der Waals surface area contributed by atoms with Crippen LogP contribution in [0.1, 0.15) is 38.4 Å². The number of aromatic amines is 1. The number of hydrogen-bond acceptors (Lipinski definition) is 5. The van der Waals surface area contributed by atoms with E-state index in [0.717, 1.165) is 24.7 Å². The Morgan fingerprint density at radius 1 is 1.52 bits per heavy atom. The Morgan fingerprint density at radius 3 is 3.05 bits per heavy atom. The van der Waals surface area contributed by atoms with Crippen molar-refractivity contribution < 1.29 is 4.74 Å². The smallest absolute Gasteiger partial charge is 0.252 e. The van der Waals surface area contributed by atoms with E-state index in [9.17, 15) is 4.79 Å². The molecule has 2 aliphatic rings. The molecule has 1 aliphatic carbocycles. The molecule has 0 spiro atoms. The molecule has 0 radical (unpaired) electrons. The second-order valence-electron chi connectivity index (χ2n) is 6.25. The molecule has 116 valence electrons. The maximum absolute atomic E-state index is 11.9. The van der Waals surface area contributed by atoms with Crippen LogP contribution in [0, 0.1) is 0 Å². The highest BCUT2D eigenvalue weighted by molar-refractivity contribution is 5.40. The number of nitrogens with one attached hydrogen (secondary N) is 2. The Labute approximate surface area is 124 Å². The molecule has 1 saturated heterocycles. The maximum atomic E-state index is 11.9. The maximum Gasteiger partial charge on any atom is 0.252 e. The minimum atomic E-state index is -0.0795. The van der Waals surface area contributed by atoms with Crippen molar-refractivity contribution in [2.24, 2.45) is 0 Å². The molecular formula is C15H24N4O2. The van der Waals surface area contributed by atoms with E-state index < -0.39 is 0 Å². The molecule has 0 bridgehead atoms. The first-order chi connectivity index (χ1) is 10.1. The Morgan fingerprint density at radius 2 is 2.33 bits per heavy atom. The van der Waals surface area contributed by atoms with Gasteiger partial charge in [0.25, 0.3) is 5.56 Å². The van der Waals surface area contributed by atoms with E-state index in [4.69, 9.17) is 4.74 Å². The summed E-state index contributed by atoms with van der Waals surface area (Å²) in [4.78, 5) is 21.5. The molecule has 1 aromatic heterocycles. The largest absolute Gasteiger partial charge is 0.377 e. The Kier molecular flexibility index (Phi) is 4.26. The van der Waals surface area contributed by atoms with Crippen molar-refractivity contribution in [2.75, 3.05) is 31.2 Å². The van der Waals surface area contributed by atoms with E-state index in [2.05, 4.69) is 20.2 Å². The second kappa shape index (κ2) is 6.15. The predicted octanol–water partition coefficient (Wildman–Crippen LogP) is 0.851. The van der Waals surface area contributed by atoms with Crippen molar-refractivity contribution in [3.63, 3.8) is 0 Å². The van der Waals surface area contributed by atoms with Gasteiger partial charge in [-0.2, -0.15) is 0 Å². The van der Waals surface area contributed by atoms with Gasteiger partial charge in [0.15, 0.2) is 0 Å². The molecule has 1 aromatic rings. The third-order valence-electron chi connectivity index (χ3n) is 4.03. The van der Waals surface area contributed by atoms with E-state index >= 15 is 0 Å². The Balaban J connectivity index is 1.79. The molecular weight excluding hydrogens is 268 g/mol. The molecule has 0 amide bonds. The topological polar surface area (TPSA) is 70.2 Å². The first-order valence-corrected chi connectivity index (χ1v) is 7.82. The van der Waals surface area contributed by atoms with Crippen LogP contribution in [0.25, 0.3) is 0 Å². The van der Waals surface area contributed by atoms with Gasteiger partial charge in [-0.15, -0.1) is 0 Å². The van der Waals surface area contributed by atoms with E-state index in [-0.39, 0.29) is 17.5 Å². The summed E-state index contributed by atoms with van der Waals surface area (Å²) in [6.07, 6.45) is 2.54. The molecule has 6 heteroatoms. The SMILES string of the molecule is CC(C)c1nc(N2CCOCC2CNC2CC2)cc(=O)[nH]1. The fourth-order valence-electron chi connectivity index (χ4n) is 2.60. The van der Waals surface area contributed by atoms with E-state index in [1.54, 1.807) is 6.07 Å². The molecule has 2 fully saturated rings. The number of nitrogens with zero attached hydrogens (tertiary/aromatic N) is 2. The number of morpholine rings is 1. The van der Waals surface area contributed by atoms with Crippen molar-refractivity contribution >= 4 is 5.82 Å². The third-order valence-corrected chi connectivity index (χ3v) is 4.03. The van der Waals surface area contributed by atoms with Crippen LogP contribution in [0.15, 0.2) is 10.9 Å². The van der Waals surface area contributed by atoms with Crippen molar-refractivity contribution in [1.29, 1.82) is 0 Å². The Hall–Kier alpha value is -1.40. The number of H-pyrrole nitrogens is 1. The molecule has 2 N–H and O–H groups in total. The van der Waals surface area contributed by atoms with Crippen molar-refractivity contribution in [2.45, 2.75) is 44.7 Å². The highest BCUT2D eigenvalue weighted by Gasteiger charge is 2.28. The van der Waals surface area contributed by atoms with Gasteiger partial charge < -0.3 is 19.9 Å². The number of aromatic nitrogens is 2. The molecule has 1 unspecified atom stereocenters. The Bertz CT molecular complexity index is 539. The van der Waals surface area contributed by atoms with E-state index in [0.29, 0.717) is 19.3 Å². The highest BCUT2D eigenvalue weighted by atomic mass is 16.5. The number of hydrogen-bond donors (Lipinski definition) is 2. The quantitative estimate of drug-likeness (QED) is 0.842. The van der Waals surface area contributed by atoms with Gasteiger partial charge >= 0.3 is 0 Å².